The normalized spacial score (nSPS) is 16.7. The zero-order valence-corrected chi connectivity index (χ0v) is 31.7. The Kier molecular flexibility index (Phi) is 19.8. The third-order valence-corrected chi connectivity index (χ3v) is 8.66. The standard InChI is InChI=1S/C33H54N10O12/c1-6-16(2)27(42-29(51)17(3)38-25(47)14-36-30(52)20(40-19(5)44)9-11-23(34)45)32(54)39-18(4)28(50)41-21(10-12-24(35)46)33(55)43-13-7-8-22(43)31(53)37-15-26(48)49/h16-18,20-22,27H,6-15H2,1-5H3,(H2,34,45)(H2,35,46)(H,36,52)(H,37,53)(H,38,47)(H,39,54)(H,40,44)(H,41,50)(H,42,51)(H,48,49)/t16-,17-,18-,20-,21-,22-,27-/m0/s1. The lowest BCUT2D eigenvalue weighted by atomic mass is 9.97. The summed E-state index contributed by atoms with van der Waals surface area (Å²) in [7, 11) is 0. The van der Waals surface area contributed by atoms with E-state index in [-0.39, 0.29) is 38.6 Å². The van der Waals surface area contributed by atoms with Gasteiger partial charge in [0.15, 0.2) is 0 Å². The first kappa shape index (κ1) is 47.2. The fourth-order valence-corrected chi connectivity index (χ4v) is 5.42. The van der Waals surface area contributed by atoms with E-state index in [1.54, 1.807) is 13.8 Å². The molecule has 0 bridgehead atoms. The minimum atomic E-state index is -1.34. The number of carboxylic acids is 1. The molecule has 0 unspecified atom stereocenters. The van der Waals surface area contributed by atoms with Crippen LogP contribution in [0.2, 0.25) is 0 Å². The number of primary amides is 2. The highest BCUT2D eigenvalue weighted by molar-refractivity contribution is 5.97. The van der Waals surface area contributed by atoms with Crippen molar-refractivity contribution in [3.05, 3.63) is 0 Å². The van der Waals surface area contributed by atoms with Gasteiger partial charge in [-0.05, 0) is 45.4 Å². The van der Waals surface area contributed by atoms with E-state index in [4.69, 9.17) is 16.6 Å². The van der Waals surface area contributed by atoms with Crippen molar-refractivity contribution in [3.63, 3.8) is 0 Å². The van der Waals surface area contributed by atoms with Gasteiger partial charge in [-0.3, -0.25) is 52.7 Å². The van der Waals surface area contributed by atoms with E-state index in [0.29, 0.717) is 12.8 Å². The number of carbonyl (C=O) groups is 11. The van der Waals surface area contributed by atoms with Crippen molar-refractivity contribution in [1.82, 2.24) is 42.1 Å². The topological polar surface area (TPSA) is 347 Å². The van der Waals surface area contributed by atoms with Crippen molar-refractivity contribution in [3.8, 4) is 0 Å². The molecule has 22 heteroatoms. The summed E-state index contributed by atoms with van der Waals surface area (Å²) >= 11 is 0. The number of likely N-dealkylation sites (tertiary alicyclic amines) is 1. The van der Waals surface area contributed by atoms with Crippen LogP contribution in [-0.2, 0) is 52.7 Å². The molecule has 55 heavy (non-hydrogen) atoms. The summed E-state index contributed by atoms with van der Waals surface area (Å²) in [5, 5.41) is 25.7. The number of hydrogen-bond donors (Lipinski definition) is 10. The highest BCUT2D eigenvalue weighted by atomic mass is 16.4. The molecule has 1 fully saturated rings. The lowest BCUT2D eigenvalue weighted by Gasteiger charge is -2.30. The molecule has 0 aliphatic carbocycles. The van der Waals surface area contributed by atoms with Crippen LogP contribution < -0.4 is 48.7 Å². The SMILES string of the molecule is CC[C@H](C)[C@H](NC(=O)[C@H](C)NC(=O)CNC(=O)[C@H](CCC(N)=O)NC(C)=O)C(=O)N[C@@H](C)C(=O)N[C@@H](CCC(N)=O)C(=O)N1CCC[C@H]1C(=O)NCC(=O)O. The lowest BCUT2D eigenvalue weighted by Crippen LogP contribution is -2.59. The summed E-state index contributed by atoms with van der Waals surface area (Å²) in [6.45, 7) is 6.09. The van der Waals surface area contributed by atoms with Crippen LogP contribution in [0.15, 0.2) is 0 Å². The predicted octanol–water partition coefficient (Wildman–Crippen LogP) is -4.64. The monoisotopic (exact) mass is 782 g/mol. The second-order valence-electron chi connectivity index (χ2n) is 13.2. The molecule has 1 aliphatic rings. The fraction of sp³-hybridized carbons (Fsp3) is 0.667. The smallest absolute Gasteiger partial charge is 0.322 e. The van der Waals surface area contributed by atoms with Crippen LogP contribution >= 0.6 is 0 Å². The Morgan fingerprint density at radius 2 is 1.27 bits per heavy atom. The van der Waals surface area contributed by atoms with Crippen LogP contribution in [0.3, 0.4) is 0 Å². The average molecular weight is 783 g/mol. The lowest BCUT2D eigenvalue weighted by molar-refractivity contribution is -0.143. The van der Waals surface area contributed by atoms with Gasteiger partial charge in [0.25, 0.3) is 0 Å². The molecule has 0 aromatic carbocycles. The van der Waals surface area contributed by atoms with Gasteiger partial charge in [-0.15, -0.1) is 0 Å². The molecule has 1 rings (SSSR count). The van der Waals surface area contributed by atoms with Crippen molar-refractivity contribution in [1.29, 1.82) is 0 Å². The van der Waals surface area contributed by atoms with Crippen molar-refractivity contribution in [2.75, 3.05) is 19.6 Å². The summed E-state index contributed by atoms with van der Waals surface area (Å²) in [6.07, 6.45) is 0.210. The third kappa shape index (κ3) is 16.8. The molecule has 308 valence electrons. The van der Waals surface area contributed by atoms with Gasteiger partial charge in [-0.25, -0.2) is 0 Å². The molecule has 22 nitrogen and oxygen atoms in total. The van der Waals surface area contributed by atoms with E-state index in [0.717, 1.165) is 6.92 Å². The van der Waals surface area contributed by atoms with Gasteiger partial charge in [-0.1, -0.05) is 20.3 Å². The second kappa shape index (κ2) is 23.1. The van der Waals surface area contributed by atoms with Crippen LogP contribution in [0.5, 0.6) is 0 Å². The number of carbonyl (C=O) groups excluding carboxylic acids is 10. The average Bonchev–Trinajstić information content (AvgIpc) is 3.61. The van der Waals surface area contributed by atoms with E-state index >= 15 is 0 Å². The summed E-state index contributed by atoms with van der Waals surface area (Å²) in [4.78, 5) is 137. The number of aliphatic carboxylic acids is 1. The molecule has 0 aromatic heterocycles. The number of rotatable bonds is 23. The zero-order valence-electron chi connectivity index (χ0n) is 31.7. The van der Waals surface area contributed by atoms with Crippen molar-refractivity contribution < 1.29 is 57.8 Å². The first-order chi connectivity index (χ1) is 25.7. The van der Waals surface area contributed by atoms with E-state index in [9.17, 15) is 52.7 Å². The molecule has 0 radical (unpaired) electrons. The molecule has 0 spiro atoms. The van der Waals surface area contributed by atoms with Crippen LogP contribution in [0, 0.1) is 5.92 Å². The molecule has 1 saturated heterocycles. The highest BCUT2D eigenvalue weighted by Crippen LogP contribution is 2.20. The molecular formula is C33H54N10O12. The highest BCUT2D eigenvalue weighted by Gasteiger charge is 2.38. The Labute approximate surface area is 317 Å². The summed E-state index contributed by atoms with van der Waals surface area (Å²) in [5.41, 5.74) is 10.4. The van der Waals surface area contributed by atoms with Crippen LogP contribution in [0.1, 0.15) is 79.6 Å². The Balaban J connectivity index is 2.93. The van der Waals surface area contributed by atoms with Crippen molar-refractivity contribution >= 4 is 65.0 Å². The maximum Gasteiger partial charge on any atom is 0.322 e. The predicted molar refractivity (Wildman–Crippen MR) is 191 cm³/mol. The fourth-order valence-electron chi connectivity index (χ4n) is 5.42. The zero-order chi connectivity index (χ0) is 42.0. The van der Waals surface area contributed by atoms with Crippen molar-refractivity contribution in [2.45, 2.75) is 116 Å². The van der Waals surface area contributed by atoms with Gasteiger partial charge < -0.3 is 58.7 Å². The third-order valence-electron chi connectivity index (χ3n) is 8.66. The maximum absolute atomic E-state index is 13.5. The minimum absolute atomic E-state index is 0.106. The number of nitrogens with one attached hydrogen (secondary N) is 7. The van der Waals surface area contributed by atoms with Gasteiger partial charge in [0.1, 0.15) is 42.8 Å². The second-order valence-corrected chi connectivity index (χ2v) is 13.2. The molecule has 0 aromatic rings. The van der Waals surface area contributed by atoms with E-state index in [2.05, 4.69) is 37.2 Å². The minimum Gasteiger partial charge on any atom is -0.480 e. The number of nitrogens with two attached hydrogens (primary N) is 2. The van der Waals surface area contributed by atoms with Crippen LogP contribution in [-0.4, -0.2) is 131 Å². The summed E-state index contributed by atoms with van der Waals surface area (Å²) in [5.74, 6) is -9.12. The van der Waals surface area contributed by atoms with Gasteiger partial charge in [-0.2, -0.15) is 0 Å². The number of hydrogen-bond acceptors (Lipinski definition) is 11. The molecule has 0 saturated carbocycles. The maximum atomic E-state index is 13.5. The van der Waals surface area contributed by atoms with Crippen LogP contribution in [0.25, 0.3) is 0 Å². The Morgan fingerprint density at radius 3 is 1.82 bits per heavy atom. The quantitative estimate of drug-likeness (QED) is 0.0468. The van der Waals surface area contributed by atoms with E-state index < -0.39 is 120 Å². The Morgan fingerprint density at radius 1 is 0.709 bits per heavy atom. The number of carboxylic acid groups (broad SMARTS) is 1. The van der Waals surface area contributed by atoms with Gasteiger partial charge >= 0.3 is 5.97 Å². The van der Waals surface area contributed by atoms with E-state index in [1.807, 2.05) is 0 Å². The van der Waals surface area contributed by atoms with E-state index in [1.165, 1.54) is 18.7 Å². The number of amides is 10. The molecule has 1 heterocycles. The van der Waals surface area contributed by atoms with Gasteiger partial charge in [0.05, 0.1) is 6.54 Å². The largest absolute Gasteiger partial charge is 0.480 e. The Hall–Kier alpha value is -5.83. The molecule has 1 aliphatic heterocycles. The molecule has 7 atom stereocenters. The molecule has 12 N–H and O–H groups in total. The summed E-state index contributed by atoms with van der Waals surface area (Å²) < 4.78 is 0. The molecule has 10 amide bonds. The first-order valence-electron chi connectivity index (χ1n) is 17.8. The Bertz CT molecular complexity index is 1470. The van der Waals surface area contributed by atoms with Crippen molar-refractivity contribution in [2.24, 2.45) is 17.4 Å². The first-order valence-corrected chi connectivity index (χ1v) is 17.8. The van der Waals surface area contributed by atoms with Gasteiger partial charge in [0.2, 0.25) is 59.1 Å². The number of nitrogens with zero attached hydrogens (tertiary/aromatic N) is 1. The summed E-state index contributed by atoms with van der Waals surface area (Å²) in [6, 6.07) is -7.16. The van der Waals surface area contributed by atoms with Crippen LogP contribution in [0.4, 0.5) is 0 Å². The van der Waals surface area contributed by atoms with Gasteiger partial charge in [0, 0.05) is 26.3 Å². The molecular weight excluding hydrogens is 728 g/mol.